The fraction of sp³-hybridized carbons (Fsp3) is 0. The average Bonchev–Trinajstić information content (AvgIpc) is 2.92. The van der Waals surface area contributed by atoms with Gasteiger partial charge in [-0.3, -0.25) is 5.10 Å². The van der Waals surface area contributed by atoms with Crippen LogP contribution in [0.25, 0.3) is 21.8 Å². The molecule has 22 heavy (non-hydrogen) atoms. The molecule has 0 saturated carbocycles. The second kappa shape index (κ2) is 4.89. The van der Waals surface area contributed by atoms with Crippen molar-refractivity contribution in [2.45, 2.75) is 0 Å². The highest BCUT2D eigenvalue weighted by atomic mass is 35.5. The maximum Gasteiger partial charge on any atom is 0.156 e. The van der Waals surface area contributed by atoms with Crippen LogP contribution in [0.2, 0.25) is 5.02 Å². The van der Waals surface area contributed by atoms with Gasteiger partial charge in [-0.2, -0.15) is 5.10 Å². The molecule has 0 spiro atoms. The first kappa shape index (κ1) is 12.9. The van der Waals surface area contributed by atoms with E-state index in [1.54, 1.807) is 0 Å². The molecule has 2 heterocycles. The van der Waals surface area contributed by atoms with Crippen LogP contribution in [0.4, 0.5) is 17.3 Å². The third kappa shape index (κ3) is 1.95. The molecule has 0 atom stereocenters. The van der Waals surface area contributed by atoms with E-state index in [9.17, 15) is 0 Å². The lowest BCUT2D eigenvalue weighted by Gasteiger charge is -2.10. The number of aromatic nitrogens is 3. The molecule has 2 aromatic heterocycles. The Labute approximate surface area is 131 Å². The number of hydrogen-bond donors (Lipinski definition) is 3. The summed E-state index contributed by atoms with van der Waals surface area (Å²) in [4.78, 5) is 4.66. The van der Waals surface area contributed by atoms with Gasteiger partial charge in [0.15, 0.2) is 5.82 Å². The lowest BCUT2D eigenvalue weighted by Crippen LogP contribution is -1.97. The van der Waals surface area contributed by atoms with Gasteiger partial charge in [-0.05, 0) is 18.2 Å². The molecule has 0 bridgehead atoms. The molecule has 0 aliphatic heterocycles. The number of fused-ring (bicyclic) bond motifs is 3. The molecule has 0 aliphatic carbocycles. The predicted molar refractivity (Wildman–Crippen MR) is 90.5 cm³/mol. The molecule has 108 valence electrons. The van der Waals surface area contributed by atoms with Crippen LogP contribution in [-0.2, 0) is 0 Å². The van der Waals surface area contributed by atoms with Gasteiger partial charge in [-0.1, -0.05) is 41.9 Å². The number of para-hydroxylation sites is 2. The summed E-state index contributed by atoms with van der Waals surface area (Å²) >= 11 is 6.21. The molecule has 4 rings (SSSR count). The molecule has 0 unspecified atom stereocenters. The van der Waals surface area contributed by atoms with Gasteiger partial charge in [-0.25, -0.2) is 4.98 Å². The Morgan fingerprint density at radius 2 is 1.82 bits per heavy atom. The molecule has 0 radical (unpaired) electrons. The maximum absolute atomic E-state index is 6.21. The predicted octanol–water partition coefficient (Wildman–Crippen LogP) is 4.09. The highest BCUT2D eigenvalue weighted by molar-refractivity contribution is 6.33. The number of nitrogen functional groups attached to an aromatic ring is 1. The quantitative estimate of drug-likeness (QED) is 0.521. The molecule has 5 nitrogen and oxygen atoms in total. The van der Waals surface area contributed by atoms with Crippen molar-refractivity contribution in [3.8, 4) is 0 Å². The standard InChI is InChI=1S/C16H12ClN5/c17-10-6-2-4-8-12(10)20-16-13-14(21-22-15(13)18)9-5-1-3-7-11(9)19-16/h1-8H,(H,19,20)(H3,18,21,22). The number of hydrogen-bond acceptors (Lipinski definition) is 4. The Morgan fingerprint density at radius 1 is 1.05 bits per heavy atom. The molecule has 0 amide bonds. The summed E-state index contributed by atoms with van der Waals surface area (Å²) in [5.41, 5.74) is 8.49. The van der Waals surface area contributed by atoms with Crippen molar-refractivity contribution in [3.63, 3.8) is 0 Å². The molecule has 4 N–H and O–H groups in total. The van der Waals surface area contributed by atoms with Crippen molar-refractivity contribution in [1.29, 1.82) is 0 Å². The first-order valence-corrected chi connectivity index (χ1v) is 7.15. The second-order valence-electron chi connectivity index (χ2n) is 4.94. The zero-order valence-electron chi connectivity index (χ0n) is 11.5. The molecular formula is C16H12ClN5. The molecule has 4 aromatic rings. The van der Waals surface area contributed by atoms with Gasteiger partial charge in [0.2, 0.25) is 0 Å². The summed E-state index contributed by atoms with van der Waals surface area (Å²) in [7, 11) is 0. The summed E-state index contributed by atoms with van der Waals surface area (Å²) in [6.07, 6.45) is 0. The first-order chi connectivity index (χ1) is 10.7. The summed E-state index contributed by atoms with van der Waals surface area (Å²) in [6.45, 7) is 0. The lowest BCUT2D eigenvalue weighted by molar-refractivity contribution is 1.13. The van der Waals surface area contributed by atoms with Gasteiger partial charge < -0.3 is 11.1 Å². The van der Waals surface area contributed by atoms with Crippen molar-refractivity contribution in [2.24, 2.45) is 0 Å². The monoisotopic (exact) mass is 309 g/mol. The molecule has 6 heteroatoms. The highest BCUT2D eigenvalue weighted by Gasteiger charge is 2.14. The molecule has 0 saturated heterocycles. The zero-order chi connectivity index (χ0) is 15.1. The van der Waals surface area contributed by atoms with E-state index in [0.29, 0.717) is 16.7 Å². The lowest BCUT2D eigenvalue weighted by atomic mass is 10.1. The average molecular weight is 310 g/mol. The van der Waals surface area contributed by atoms with Gasteiger partial charge in [0.1, 0.15) is 5.82 Å². The fourth-order valence-electron chi connectivity index (χ4n) is 2.53. The third-order valence-corrected chi connectivity index (χ3v) is 3.89. The topological polar surface area (TPSA) is 79.6 Å². The smallest absolute Gasteiger partial charge is 0.156 e. The largest absolute Gasteiger partial charge is 0.382 e. The van der Waals surface area contributed by atoms with Crippen molar-refractivity contribution in [3.05, 3.63) is 53.6 Å². The normalized spacial score (nSPS) is 11.1. The van der Waals surface area contributed by atoms with Crippen LogP contribution in [0.1, 0.15) is 0 Å². The molecule has 2 aromatic carbocycles. The number of nitrogens with two attached hydrogens (primary N) is 1. The van der Waals surface area contributed by atoms with Gasteiger partial charge in [0, 0.05) is 5.39 Å². The summed E-state index contributed by atoms with van der Waals surface area (Å²) in [5, 5.41) is 12.7. The number of anilines is 3. The van der Waals surface area contributed by atoms with E-state index in [0.717, 1.165) is 27.5 Å². The van der Waals surface area contributed by atoms with Crippen LogP contribution in [0.15, 0.2) is 48.5 Å². The Morgan fingerprint density at radius 3 is 2.68 bits per heavy atom. The van der Waals surface area contributed by atoms with Crippen molar-refractivity contribution < 1.29 is 0 Å². The first-order valence-electron chi connectivity index (χ1n) is 6.78. The van der Waals surface area contributed by atoms with Gasteiger partial charge in [-0.15, -0.1) is 0 Å². The van der Waals surface area contributed by atoms with Crippen LogP contribution >= 0.6 is 11.6 Å². The van der Waals surface area contributed by atoms with Crippen LogP contribution in [0, 0.1) is 0 Å². The number of nitrogens with one attached hydrogen (secondary N) is 2. The summed E-state index contributed by atoms with van der Waals surface area (Å²) in [6, 6.07) is 15.3. The van der Waals surface area contributed by atoms with E-state index in [-0.39, 0.29) is 0 Å². The zero-order valence-corrected chi connectivity index (χ0v) is 12.2. The van der Waals surface area contributed by atoms with Crippen LogP contribution in [0.3, 0.4) is 0 Å². The number of aromatic amines is 1. The minimum absolute atomic E-state index is 0.405. The Balaban J connectivity index is 1.99. The van der Waals surface area contributed by atoms with E-state index in [1.165, 1.54) is 0 Å². The summed E-state index contributed by atoms with van der Waals surface area (Å²) < 4.78 is 0. The Kier molecular flexibility index (Phi) is 2.87. The van der Waals surface area contributed by atoms with E-state index < -0.39 is 0 Å². The SMILES string of the molecule is Nc1n[nH]c2c1c(Nc1ccccc1Cl)nc1ccccc12. The maximum atomic E-state index is 6.21. The number of rotatable bonds is 2. The minimum Gasteiger partial charge on any atom is -0.382 e. The minimum atomic E-state index is 0.405. The van der Waals surface area contributed by atoms with Crippen molar-refractivity contribution >= 4 is 50.7 Å². The molecular weight excluding hydrogens is 298 g/mol. The van der Waals surface area contributed by atoms with E-state index in [4.69, 9.17) is 17.3 Å². The molecule has 0 fully saturated rings. The van der Waals surface area contributed by atoms with E-state index in [2.05, 4.69) is 20.5 Å². The van der Waals surface area contributed by atoms with E-state index in [1.807, 2.05) is 48.5 Å². The van der Waals surface area contributed by atoms with Crippen LogP contribution < -0.4 is 11.1 Å². The van der Waals surface area contributed by atoms with Gasteiger partial charge in [0.25, 0.3) is 0 Å². The number of H-pyrrole nitrogens is 1. The fourth-order valence-corrected chi connectivity index (χ4v) is 2.71. The van der Waals surface area contributed by atoms with Gasteiger partial charge in [0.05, 0.1) is 27.1 Å². The second-order valence-corrected chi connectivity index (χ2v) is 5.35. The van der Waals surface area contributed by atoms with Crippen LogP contribution in [0.5, 0.6) is 0 Å². The van der Waals surface area contributed by atoms with Crippen molar-refractivity contribution in [2.75, 3.05) is 11.1 Å². The Hall–Kier alpha value is -2.79. The number of nitrogens with zero attached hydrogens (tertiary/aromatic N) is 2. The summed E-state index contributed by atoms with van der Waals surface area (Å²) in [5.74, 6) is 1.04. The highest BCUT2D eigenvalue weighted by Crippen LogP contribution is 2.34. The molecule has 0 aliphatic rings. The number of benzene rings is 2. The van der Waals surface area contributed by atoms with Crippen LogP contribution in [-0.4, -0.2) is 15.2 Å². The third-order valence-electron chi connectivity index (χ3n) is 3.56. The number of halogens is 1. The van der Waals surface area contributed by atoms with E-state index >= 15 is 0 Å². The Bertz CT molecular complexity index is 992. The van der Waals surface area contributed by atoms with Gasteiger partial charge >= 0.3 is 0 Å². The number of pyridine rings is 1. The van der Waals surface area contributed by atoms with Crippen molar-refractivity contribution in [1.82, 2.24) is 15.2 Å².